The van der Waals surface area contributed by atoms with Crippen molar-refractivity contribution in [3.05, 3.63) is 53.9 Å². The van der Waals surface area contributed by atoms with E-state index >= 15 is 0 Å². The van der Waals surface area contributed by atoms with E-state index in [2.05, 4.69) is 51.8 Å². The number of unbranched alkanes of at least 4 members (excludes halogenated alkanes) is 1. The molecule has 2 heterocycles. The van der Waals surface area contributed by atoms with Gasteiger partial charge in [-0.05, 0) is 43.5 Å². The average Bonchev–Trinajstić information content (AvgIpc) is 3.26. The van der Waals surface area contributed by atoms with Gasteiger partial charge in [0.15, 0.2) is 5.96 Å². The summed E-state index contributed by atoms with van der Waals surface area (Å²) in [5.41, 5.74) is 2.48. The predicted octanol–water partition coefficient (Wildman–Crippen LogP) is 2.72. The maximum Gasteiger partial charge on any atom is 0.191 e. The zero-order valence-corrected chi connectivity index (χ0v) is 20.3. The molecule has 0 radical (unpaired) electrons. The minimum Gasteiger partial charge on any atom is -0.379 e. The third-order valence-electron chi connectivity index (χ3n) is 5.06. The number of ether oxygens (including phenoxy) is 1. The summed E-state index contributed by atoms with van der Waals surface area (Å²) in [6, 6.07) is 10.4. The molecule has 0 amide bonds. The number of halogens is 1. The maximum absolute atomic E-state index is 5.40. The van der Waals surface area contributed by atoms with Crippen molar-refractivity contribution >= 4 is 29.9 Å². The molecule has 1 aromatic carbocycles. The summed E-state index contributed by atoms with van der Waals surface area (Å²) in [6.45, 7) is 10.3. The van der Waals surface area contributed by atoms with E-state index in [1.165, 1.54) is 17.5 Å². The van der Waals surface area contributed by atoms with E-state index < -0.39 is 0 Å². The molecule has 166 valence electrons. The lowest BCUT2D eigenvalue weighted by atomic mass is 10.1. The molecule has 1 fully saturated rings. The Balaban J connectivity index is 0.00000320. The van der Waals surface area contributed by atoms with Crippen molar-refractivity contribution < 1.29 is 4.74 Å². The van der Waals surface area contributed by atoms with Crippen molar-refractivity contribution in [2.24, 2.45) is 4.99 Å². The number of morpholine rings is 1. The van der Waals surface area contributed by atoms with Crippen molar-refractivity contribution in [2.45, 2.75) is 32.9 Å². The first-order chi connectivity index (χ1) is 14.3. The molecule has 3 rings (SSSR count). The third kappa shape index (κ3) is 8.61. The highest BCUT2D eigenvalue weighted by atomic mass is 127. The van der Waals surface area contributed by atoms with Crippen LogP contribution < -0.4 is 10.6 Å². The molecular formula is C22H35IN6O. The van der Waals surface area contributed by atoms with Gasteiger partial charge in [-0.3, -0.25) is 9.58 Å². The van der Waals surface area contributed by atoms with Crippen LogP contribution in [0.5, 0.6) is 0 Å². The summed E-state index contributed by atoms with van der Waals surface area (Å²) in [6.07, 6.45) is 6.13. The average molecular weight is 526 g/mol. The Bertz CT molecular complexity index is 731. The normalized spacial score (nSPS) is 14.9. The first-order valence-corrected chi connectivity index (χ1v) is 10.7. The molecule has 1 saturated heterocycles. The van der Waals surface area contributed by atoms with E-state index in [0.717, 1.165) is 64.9 Å². The monoisotopic (exact) mass is 526 g/mol. The van der Waals surface area contributed by atoms with Gasteiger partial charge in [-0.2, -0.15) is 5.10 Å². The highest BCUT2D eigenvalue weighted by molar-refractivity contribution is 14.0. The Morgan fingerprint density at radius 2 is 1.90 bits per heavy atom. The number of aliphatic imine (C=N–C) groups is 1. The molecule has 1 aromatic heterocycles. The standard InChI is InChI=1S/C22H34N6O.HI/c1-2-23-22(24-10-5-6-12-27-14-16-29-17-15-27)25-18-20-8-3-4-9-21(20)19-28-13-7-11-26-28;/h3-4,7-9,11,13H,2,5-6,10,12,14-19H2,1H3,(H2,23,24,25);1H. The van der Waals surface area contributed by atoms with Gasteiger partial charge < -0.3 is 15.4 Å². The topological polar surface area (TPSA) is 66.7 Å². The molecule has 0 unspecified atom stereocenters. The van der Waals surface area contributed by atoms with Gasteiger partial charge in [0.1, 0.15) is 0 Å². The van der Waals surface area contributed by atoms with Crippen LogP contribution in [-0.2, 0) is 17.8 Å². The molecule has 2 N–H and O–H groups in total. The van der Waals surface area contributed by atoms with Crippen molar-refractivity contribution in [2.75, 3.05) is 45.9 Å². The zero-order valence-electron chi connectivity index (χ0n) is 17.9. The van der Waals surface area contributed by atoms with E-state index in [-0.39, 0.29) is 24.0 Å². The van der Waals surface area contributed by atoms with E-state index in [1.807, 2.05) is 23.1 Å². The summed E-state index contributed by atoms with van der Waals surface area (Å²) in [5.74, 6) is 0.882. The number of nitrogens with one attached hydrogen (secondary N) is 2. The Kier molecular flexibility index (Phi) is 11.8. The van der Waals surface area contributed by atoms with Gasteiger partial charge in [0, 0.05) is 38.6 Å². The molecular weight excluding hydrogens is 491 g/mol. The van der Waals surface area contributed by atoms with Gasteiger partial charge in [0.05, 0.1) is 26.3 Å². The SMILES string of the molecule is CCNC(=NCc1ccccc1Cn1cccn1)NCCCCN1CCOCC1.I. The van der Waals surface area contributed by atoms with E-state index in [9.17, 15) is 0 Å². The van der Waals surface area contributed by atoms with Gasteiger partial charge in [-0.1, -0.05) is 24.3 Å². The molecule has 0 bridgehead atoms. The predicted molar refractivity (Wildman–Crippen MR) is 132 cm³/mol. The second-order valence-corrected chi connectivity index (χ2v) is 7.26. The highest BCUT2D eigenvalue weighted by Gasteiger charge is 2.09. The van der Waals surface area contributed by atoms with Crippen LogP contribution in [0.3, 0.4) is 0 Å². The molecule has 7 nitrogen and oxygen atoms in total. The largest absolute Gasteiger partial charge is 0.379 e. The molecule has 30 heavy (non-hydrogen) atoms. The van der Waals surface area contributed by atoms with Crippen LogP contribution in [0.4, 0.5) is 0 Å². The Labute approximate surface area is 197 Å². The van der Waals surface area contributed by atoms with Gasteiger partial charge in [0.2, 0.25) is 0 Å². The molecule has 8 heteroatoms. The summed E-state index contributed by atoms with van der Waals surface area (Å²) >= 11 is 0. The number of benzene rings is 1. The van der Waals surface area contributed by atoms with Crippen LogP contribution in [-0.4, -0.2) is 66.6 Å². The zero-order chi connectivity index (χ0) is 20.2. The highest BCUT2D eigenvalue weighted by Crippen LogP contribution is 2.11. The minimum atomic E-state index is 0. The van der Waals surface area contributed by atoms with Crippen molar-refractivity contribution in [3.8, 4) is 0 Å². The number of guanidine groups is 1. The first kappa shape index (κ1) is 24.6. The van der Waals surface area contributed by atoms with Crippen LogP contribution in [0.2, 0.25) is 0 Å². The van der Waals surface area contributed by atoms with Crippen LogP contribution in [0.15, 0.2) is 47.7 Å². The number of hydrogen-bond donors (Lipinski definition) is 2. The molecule has 0 saturated carbocycles. The molecule has 0 aliphatic carbocycles. The van der Waals surface area contributed by atoms with Crippen molar-refractivity contribution in [3.63, 3.8) is 0 Å². The summed E-state index contributed by atoms with van der Waals surface area (Å²) in [5, 5.41) is 11.1. The molecule has 1 aliphatic rings. The van der Waals surface area contributed by atoms with E-state index in [4.69, 9.17) is 9.73 Å². The number of hydrogen-bond acceptors (Lipinski definition) is 4. The summed E-state index contributed by atoms with van der Waals surface area (Å²) < 4.78 is 7.35. The van der Waals surface area contributed by atoms with Gasteiger partial charge in [0.25, 0.3) is 0 Å². The number of nitrogens with zero attached hydrogens (tertiary/aromatic N) is 4. The first-order valence-electron chi connectivity index (χ1n) is 10.7. The van der Waals surface area contributed by atoms with E-state index in [1.54, 1.807) is 0 Å². The third-order valence-corrected chi connectivity index (χ3v) is 5.06. The molecule has 2 aromatic rings. The van der Waals surface area contributed by atoms with Crippen LogP contribution >= 0.6 is 24.0 Å². The molecule has 1 aliphatic heterocycles. The molecule has 0 atom stereocenters. The lowest BCUT2D eigenvalue weighted by molar-refractivity contribution is 0.0372. The Hall–Kier alpha value is -1.65. The summed E-state index contributed by atoms with van der Waals surface area (Å²) in [4.78, 5) is 7.28. The molecule has 0 spiro atoms. The van der Waals surface area contributed by atoms with Crippen LogP contribution in [0.1, 0.15) is 30.9 Å². The minimum absolute atomic E-state index is 0. The van der Waals surface area contributed by atoms with Crippen molar-refractivity contribution in [1.82, 2.24) is 25.3 Å². The van der Waals surface area contributed by atoms with Gasteiger partial charge >= 0.3 is 0 Å². The second kappa shape index (κ2) is 14.4. The fourth-order valence-electron chi connectivity index (χ4n) is 3.43. The van der Waals surface area contributed by atoms with Crippen LogP contribution in [0.25, 0.3) is 0 Å². The fourth-order valence-corrected chi connectivity index (χ4v) is 3.43. The van der Waals surface area contributed by atoms with E-state index in [0.29, 0.717) is 6.54 Å². The fraction of sp³-hybridized carbons (Fsp3) is 0.545. The summed E-state index contributed by atoms with van der Waals surface area (Å²) in [7, 11) is 0. The number of rotatable bonds is 10. The lowest BCUT2D eigenvalue weighted by Crippen LogP contribution is -2.39. The Morgan fingerprint density at radius 3 is 2.63 bits per heavy atom. The lowest BCUT2D eigenvalue weighted by Gasteiger charge is -2.26. The number of aromatic nitrogens is 2. The second-order valence-electron chi connectivity index (χ2n) is 7.26. The van der Waals surface area contributed by atoms with Crippen molar-refractivity contribution in [1.29, 1.82) is 0 Å². The quantitative estimate of drug-likeness (QED) is 0.216. The van der Waals surface area contributed by atoms with Gasteiger partial charge in [-0.25, -0.2) is 4.99 Å². The van der Waals surface area contributed by atoms with Gasteiger partial charge in [-0.15, -0.1) is 24.0 Å². The van der Waals surface area contributed by atoms with Crippen LogP contribution in [0, 0.1) is 0 Å². The maximum atomic E-state index is 5.40. The Morgan fingerprint density at radius 1 is 1.10 bits per heavy atom. The smallest absolute Gasteiger partial charge is 0.191 e.